The second-order valence-corrected chi connectivity index (χ2v) is 4.64. The molecule has 2 N–H and O–H groups in total. The Labute approximate surface area is 116 Å². The minimum Gasteiger partial charge on any atom is -0.494 e. The van der Waals surface area contributed by atoms with E-state index in [0.717, 1.165) is 12.8 Å². The number of aromatic nitrogens is 2. The summed E-state index contributed by atoms with van der Waals surface area (Å²) < 4.78 is 18.6. The fourth-order valence-corrected chi connectivity index (χ4v) is 2.03. The van der Waals surface area contributed by atoms with Crippen LogP contribution in [0.4, 0.5) is 10.2 Å². The highest BCUT2D eigenvalue weighted by Crippen LogP contribution is 2.27. The van der Waals surface area contributed by atoms with Gasteiger partial charge in [0.2, 0.25) is 0 Å². The molecule has 0 radical (unpaired) electrons. The lowest BCUT2D eigenvalue weighted by atomic mass is 10.1. The first-order chi connectivity index (χ1) is 9.65. The van der Waals surface area contributed by atoms with Crippen LogP contribution in [0.25, 0.3) is 10.9 Å². The van der Waals surface area contributed by atoms with Gasteiger partial charge in [-0.3, -0.25) is 0 Å². The van der Waals surface area contributed by atoms with E-state index >= 15 is 0 Å². The number of anilines is 1. The summed E-state index contributed by atoms with van der Waals surface area (Å²) in [6, 6.07) is 3.07. The van der Waals surface area contributed by atoms with E-state index in [1.807, 2.05) is 6.92 Å². The number of hydrogen-bond donors (Lipinski definition) is 2. The van der Waals surface area contributed by atoms with Gasteiger partial charge in [0, 0.05) is 24.1 Å². The van der Waals surface area contributed by atoms with Crippen LogP contribution >= 0.6 is 0 Å². The van der Waals surface area contributed by atoms with Crippen LogP contribution < -0.4 is 10.1 Å². The maximum absolute atomic E-state index is 13.6. The number of fused-ring (bicyclic) bond motifs is 1. The molecule has 0 spiro atoms. The molecular weight excluding hydrogens is 261 g/mol. The number of aliphatic hydroxyl groups is 1. The highest BCUT2D eigenvalue weighted by Gasteiger charge is 2.11. The van der Waals surface area contributed by atoms with Gasteiger partial charge in [-0.2, -0.15) is 0 Å². The first-order valence-corrected chi connectivity index (χ1v) is 6.51. The van der Waals surface area contributed by atoms with Crippen LogP contribution in [-0.4, -0.2) is 34.8 Å². The van der Waals surface area contributed by atoms with Crippen LogP contribution in [0, 0.1) is 5.82 Å². The lowest BCUT2D eigenvalue weighted by Gasteiger charge is -2.15. The number of nitrogens with zero attached hydrogens (tertiary/aromatic N) is 2. The number of hydrogen-bond acceptors (Lipinski definition) is 5. The molecule has 0 aliphatic carbocycles. The molecule has 1 unspecified atom stereocenters. The predicted octanol–water partition coefficient (Wildman–Crippen LogP) is 2.35. The van der Waals surface area contributed by atoms with Crippen molar-refractivity contribution in [3.63, 3.8) is 0 Å². The molecule has 0 amide bonds. The van der Waals surface area contributed by atoms with Gasteiger partial charge in [-0.1, -0.05) is 0 Å². The summed E-state index contributed by atoms with van der Waals surface area (Å²) in [6.45, 7) is 2.17. The number of halogens is 1. The summed E-state index contributed by atoms with van der Waals surface area (Å²) in [6.07, 6.45) is 2.94. The van der Waals surface area contributed by atoms with Crippen LogP contribution in [0.1, 0.15) is 19.8 Å². The average Bonchev–Trinajstić information content (AvgIpc) is 2.44. The molecule has 1 aromatic carbocycles. The van der Waals surface area contributed by atoms with Crippen molar-refractivity contribution in [3.8, 4) is 5.75 Å². The van der Waals surface area contributed by atoms with E-state index in [2.05, 4.69) is 15.3 Å². The normalized spacial score (nSPS) is 12.4. The van der Waals surface area contributed by atoms with Crippen LogP contribution in [-0.2, 0) is 0 Å². The molecular formula is C14H18FN3O2. The fourth-order valence-electron chi connectivity index (χ4n) is 2.03. The van der Waals surface area contributed by atoms with Crippen LogP contribution in [0.5, 0.6) is 5.75 Å². The van der Waals surface area contributed by atoms with Crippen molar-refractivity contribution in [3.05, 3.63) is 24.3 Å². The third-order valence-electron chi connectivity index (χ3n) is 3.09. The number of aliphatic hydroxyl groups excluding tert-OH is 1. The SMILES string of the molecule is COc1cc2c(NC(C)CCCO)ncnc2cc1F. The zero-order valence-corrected chi connectivity index (χ0v) is 11.6. The summed E-state index contributed by atoms with van der Waals surface area (Å²) in [5.74, 6) is 0.357. The zero-order chi connectivity index (χ0) is 14.5. The fraction of sp³-hybridized carbons (Fsp3) is 0.429. The third-order valence-corrected chi connectivity index (χ3v) is 3.09. The monoisotopic (exact) mass is 279 g/mol. The van der Waals surface area contributed by atoms with Crippen molar-refractivity contribution in [1.82, 2.24) is 9.97 Å². The van der Waals surface area contributed by atoms with E-state index in [9.17, 15) is 4.39 Å². The highest BCUT2D eigenvalue weighted by molar-refractivity contribution is 5.90. The lowest BCUT2D eigenvalue weighted by molar-refractivity contribution is 0.282. The number of methoxy groups -OCH3 is 1. The van der Waals surface area contributed by atoms with Crippen LogP contribution in [0.15, 0.2) is 18.5 Å². The van der Waals surface area contributed by atoms with E-state index in [1.54, 1.807) is 6.07 Å². The maximum atomic E-state index is 13.6. The number of rotatable bonds is 6. The Balaban J connectivity index is 2.33. The lowest BCUT2D eigenvalue weighted by Crippen LogP contribution is -2.16. The molecule has 0 saturated heterocycles. The second-order valence-electron chi connectivity index (χ2n) is 4.64. The van der Waals surface area contributed by atoms with Crippen LogP contribution in [0.3, 0.4) is 0 Å². The van der Waals surface area contributed by atoms with Crippen LogP contribution in [0.2, 0.25) is 0 Å². The van der Waals surface area contributed by atoms with Gasteiger partial charge in [-0.25, -0.2) is 14.4 Å². The molecule has 2 rings (SSSR count). The topological polar surface area (TPSA) is 67.3 Å². The first kappa shape index (κ1) is 14.5. The molecule has 0 saturated carbocycles. The zero-order valence-electron chi connectivity index (χ0n) is 11.6. The Bertz CT molecular complexity index is 592. The predicted molar refractivity (Wildman–Crippen MR) is 75.5 cm³/mol. The summed E-state index contributed by atoms with van der Waals surface area (Å²) in [7, 11) is 1.42. The van der Waals surface area contributed by atoms with Gasteiger partial charge < -0.3 is 15.2 Å². The van der Waals surface area contributed by atoms with E-state index < -0.39 is 5.82 Å². The average molecular weight is 279 g/mol. The summed E-state index contributed by atoms with van der Waals surface area (Å²) >= 11 is 0. The van der Waals surface area contributed by atoms with E-state index in [1.165, 1.54) is 19.5 Å². The molecule has 1 heterocycles. The van der Waals surface area contributed by atoms with Gasteiger partial charge in [0.05, 0.1) is 12.6 Å². The van der Waals surface area contributed by atoms with Gasteiger partial charge in [0.15, 0.2) is 11.6 Å². The third kappa shape index (κ3) is 3.14. The first-order valence-electron chi connectivity index (χ1n) is 6.51. The van der Waals surface area contributed by atoms with Gasteiger partial charge in [-0.05, 0) is 25.8 Å². The highest BCUT2D eigenvalue weighted by atomic mass is 19.1. The van der Waals surface area contributed by atoms with E-state index in [4.69, 9.17) is 9.84 Å². The Kier molecular flexibility index (Phi) is 4.68. The molecule has 1 atom stereocenters. The van der Waals surface area contributed by atoms with Crippen molar-refractivity contribution in [1.29, 1.82) is 0 Å². The molecule has 0 bridgehead atoms. The molecule has 0 aliphatic heterocycles. The Morgan fingerprint density at radius 3 is 2.90 bits per heavy atom. The smallest absolute Gasteiger partial charge is 0.167 e. The molecule has 108 valence electrons. The quantitative estimate of drug-likeness (QED) is 0.849. The molecule has 0 fully saturated rings. The van der Waals surface area contributed by atoms with Crippen molar-refractivity contribution in [2.45, 2.75) is 25.8 Å². The molecule has 1 aromatic heterocycles. The Hall–Kier alpha value is -1.95. The van der Waals surface area contributed by atoms with Crippen molar-refractivity contribution < 1.29 is 14.2 Å². The van der Waals surface area contributed by atoms with Gasteiger partial charge in [-0.15, -0.1) is 0 Å². The largest absolute Gasteiger partial charge is 0.494 e. The number of benzene rings is 1. The maximum Gasteiger partial charge on any atom is 0.167 e. The summed E-state index contributed by atoms with van der Waals surface area (Å²) in [4.78, 5) is 8.26. The van der Waals surface area contributed by atoms with Gasteiger partial charge in [0.25, 0.3) is 0 Å². The minimum atomic E-state index is -0.446. The van der Waals surface area contributed by atoms with Gasteiger partial charge in [0.1, 0.15) is 12.1 Å². The Morgan fingerprint density at radius 2 is 2.20 bits per heavy atom. The number of ether oxygens (including phenoxy) is 1. The van der Waals surface area contributed by atoms with Crippen molar-refractivity contribution in [2.24, 2.45) is 0 Å². The Morgan fingerprint density at radius 1 is 1.40 bits per heavy atom. The second kappa shape index (κ2) is 6.47. The minimum absolute atomic E-state index is 0.149. The number of nitrogens with one attached hydrogen (secondary N) is 1. The summed E-state index contributed by atoms with van der Waals surface area (Å²) in [5, 5.41) is 12.8. The molecule has 6 heteroatoms. The molecule has 20 heavy (non-hydrogen) atoms. The standard InChI is InChI=1S/C14H18FN3O2/c1-9(4-3-5-19)18-14-10-6-13(20-2)11(15)7-12(10)16-8-17-14/h6-9,19H,3-5H2,1-2H3,(H,16,17,18). The molecule has 5 nitrogen and oxygen atoms in total. The molecule has 2 aromatic rings. The van der Waals surface area contributed by atoms with E-state index in [0.29, 0.717) is 16.7 Å². The van der Waals surface area contributed by atoms with Crippen molar-refractivity contribution in [2.75, 3.05) is 19.0 Å². The summed E-state index contributed by atoms with van der Waals surface area (Å²) in [5.41, 5.74) is 0.523. The van der Waals surface area contributed by atoms with E-state index in [-0.39, 0.29) is 18.4 Å². The molecule has 0 aliphatic rings. The van der Waals surface area contributed by atoms with Crippen molar-refractivity contribution >= 4 is 16.7 Å². The van der Waals surface area contributed by atoms with Gasteiger partial charge >= 0.3 is 0 Å².